The summed E-state index contributed by atoms with van der Waals surface area (Å²) in [7, 11) is 0. The fourth-order valence-electron chi connectivity index (χ4n) is 1.87. The topological polar surface area (TPSA) is 9.23 Å². The summed E-state index contributed by atoms with van der Waals surface area (Å²) in [6, 6.07) is 16.8. The lowest BCUT2D eigenvalue weighted by molar-refractivity contribution is 0.306. The van der Waals surface area contributed by atoms with Gasteiger partial charge in [-0.05, 0) is 41.7 Å². The first kappa shape index (κ1) is 12.7. The Balaban J connectivity index is 1.98. The molecule has 0 saturated carbocycles. The van der Waals surface area contributed by atoms with Gasteiger partial charge in [0.1, 0.15) is 12.4 Å². The van der Waals surface area contributed by atoms with E-state index in [-0.39, 0.29) is 0 Å². The van der Waals surface area contributed by atoms with Gasteiger partial charge in [0.25, 0.3) is 0 Å². The van der Waals surface area contributed by atoms with E-state index in [4.69, 9.17) is 4.74 Å². The zero-order valence-corrected chi connectivity index (χ0v) is 11.3. The predicted molar refractivity (Wildman–Crippen MR) is 76.0 cm³/mol. The molecule has 0 heterocycles. The van der Waals surface area contributed by atoms with Crippen molar-refractivity contribution < 1.29 is 4.74 Å². The standard InChI is InChI=1S/C17H20O/c1-13(2)16-9-7-15(8-10-16)12-18-17-6-4-5-14(3)11-17/h4-11,13H,12H2,1-3H3. The maximum atomic E-state index is 5.77. The number of benzene rings is 2. The van der Waals surface area contributed by atoms with E-state index in [2.05, 4.69) is 57.2 Å². The molecule has 1 nitrogen and oxygen atoms in total. The van der Waals surface area contributed by atoms with Crippen LogP contribution in [0.15, 0.2) is 48.5 Å². The zero-order valence-electron chi connectivity index (χ0n) is 11.3. The Labute approximate surface area is 109 Å². The van der Waals surface area contributed by atoms with Gasteiger partial charge in [0.2, 0.25) is 0 Å². The number of aryl methyl sites for hydroxylation is 1. The molecule has 0 aromatic heterocycles. The van der Waals surface area contributed by atoms with Gasteiger partial charge >= 0.3 is 0 Å². The van der Waals surface area contributed by atoms with Crippen molar-refractivity contribution in [2.45, 2.75) is 33.3 Å². The van der Waals surface area contributed by atoms with Crippen molar-refractivity contribution in [3.05, 3.63) is 65.2 Å². The zero-order chi connectivity index (χ0) is 13.0. The van der Waals surface area contributed by atoms with Crippen molar-refractivity contribution in [1.29, 1.82) is 0 Å². The molecule has 2 rings (SSSR count). The minimum absolute atomic E-state index is 0.580. The maximum absolute atomic E-state index is 5.77. The van der Waals surface area contributed by atoms with Gasteiger partial charge in [-0.2, -0.15) is 0 Å². The lowest BCUT2D eigenvalue weighted by atomic mass is 10.0. The quantitative estimate of drug-likeness (QED) is 0.752. The third kappa shape index (κ3) is 3.36. The molecule has 0 fully saturated rings. The van der Waals surface area contributed by atoms with E-state index in [9.17, 15) is 0 Å². The van der Waals surface area contributed by atoms with E-state index in [1.165, 1.54) is 16.7 Å². The second-order valence-corrected chi connectivity index (χ2v) is 5.00. The van der Waals surface area contributed by atoms with E-state index >= 15 is 0 Å². The molecule has 1 heteroatoms. The molecule has 0 bridgehead atoms. The Bertz CT molecular complexity index is 497. The van der Waals surface area contributed by atoms with Gasteiger partial charge in [0, 0.05) is 0 Å². The molecule has 0 aliphatic heterocycles. The summed E-state index contributed by atoms with van der Waals surface area (Å²) in [6.07, 6.45) is 0. The van der Waals surface area contributed by atoms with Crippen LogP contribution in [0, 0.1) is 6.92 Å². The van der Waals surface area contributed by atoms with Crippen LogP contribution in [0.1, 0.15) is 36.5 Å². The summed E-state index contributed by atoms with van der Waals surface area (Å²) in [5.41, 5.74) is 3.80. The van der Waals surface area contributed by atoms with Crippen LogP contribution in [0.4, 0.5) is 0 Å². The minimum atomic E-state index is 0.580. The Hall–Kier alpha value is -1.76. The van der Waals surface area contributed by atoms with Gasteiger partial charge < -0.3 is 4.74 Å². The Morgan fingerprint density at radius 3 is 2.33 bits per heavy atom. The largest absolute Gasteiger partial charge is 0.489 e. The van der Waals surface area contributed by atoms with Crippen LogP contribution in [0.5, 0.6) is 5.75 Å². The molecule has 2 aromatic carbocycles. The molecule has 0 saturated heterocycles. The summed E-state index contributed by atoms with van der Waals surface area (Å²) in [5, 5.41) is 0. The lowest BCUT2D eigenvalue weighted by Crippen LogP contribution is -1.96. The molecule has 0 aliphatic rings. The van der Waals surface area contributed by atoms with Gasteiger partial charge in [0.05, 0.1) is 0 Å². The lowest BCUT2D eigenvalue weighted by Gasteiger charge is -2.09. The number of hydrogen-bond donors (Lipinski definition) is 0. The fraction of sp³-hybridized carbons (Fsp3) is 0.294. The monoisotopic (exact) mass is 240 g/mol. The van der Waals surface area contributed by atoms with Gasteiger partial charge in [-0.3, -0.25) is 0 Å². The SMILES string of the molecule is Cc1cccc(OCc2ccc(C(C)C)cc2)c1. The molecule has 0 atom stereocenters. The number of ether oxygens (including phenoxy) is 1. The minimum Gasteiger partial charge on any atom is -0.489 e. The molecule has 0 amide bonds. The van der Waals surface area contributed by atoms with Crippen molar-refractivity contribution in [1.82, 2.24) is 0 Å². The maximum Gasteiger partial charge on any atom is 0.120 e. The smallest absolute Gasteiger partial charge is 0.120 e. The summed E-state index contributed by atoms with van der Waals surface area (Å²) in [5.74, 6) is 1.51. The highest BCUT2D eigenvalue weighted by Gasteiger charge is 2.00. The summed E-state index contributed by atoms with van der Waals surface area (Å²) < 4.78 is 5.77. The van der Waals surface area contributed by atoms with Crippen LogP contribution in [-0.4, -0.2) is 0 Å². The first-order valence-electron chi connectivity index (χ1n) is 6.43. The van der Waals surface area contributed by atoms with Crippen LogP contribution in [0.3, 0.4) is 0 Å². The second kappa shape index (κ2) is 5.72. The Morgan fingerprint density at radius 2 is 1.72 bits per heavy atom. The van der Waals surface area contributed by atoms with E-state index in [1.807, 2.05) is 12.1 Å². The molecular weight excluding hydrogens is 220 g/mol. The third-order valence-corrected chi connectivity index (χ3v) is 3.04. The Kier molecular flexibility index (Phi) is 4.03. The summed E-state index contributed by atoms with van der Waals surface area (Å²) in [4.78, 5) is 0. The average molecular weight is 240 g/mol. The normalized spacial score (nSPS) is 10.7. The molecule has 0 spiro atoms. The van der Waals surface area contributed by atoms with Crippen molar-refractivity contribution in [2.75, 3.05) is 0 Å². The van der Waals surface area contributed by atoms with Gasteiger partial charge in [0.15, 0.2) is 0 Å². The number of rotatable bonds is 4. The average Bonchev–Trinajstić information content (AvgIpc) is 2.37. The number of hydrogen-bond acceptors (Lipinski definition) is 1. The molecule has 18 heavy (non-hydrogen) atoms. The van der Waals surface area contributed by atoms with E-state index in [1.54, 1.807) is 0 Å². The van der Waals surface area contributed by atoms with Crippen LogP contribution < -0.4 is 4.74 Å². The first-order valence-corrected chi connectivity index (χ1v) is 6.43. The summed E-state index contributed by atoms with van der Waals surface area (Å²) >= 11 is 0. The van der Waals surface area contributed by atoms with Crippen LogP contribution >= 0.6 is 0 Å². The fourth-order valence-corrected chi connectivity index (χ4v) is 1.87. The Morgan fingerprint density at radius 1 is 1.00 bits per heavy atom. The van der Waals surface area contributed by atoms with E-state index < -0.39 is 0 Å². The highest BCUT2D eigenvalue weighted by molar-refractivity contribution is 5.28. The van der Waals surface area contributed by atoms with Crippen molar-refractivity contribution in [2.24, 2.45) is 0 Å². The highest BCUT2D eigenvalue weighted by atomic mass is 16.5. The van der Waals surface area contributed by atoms with E-state index in [0.29, 0.717) is 12.5 Å². The van der Waals surface area contributed by atoms with Crippen molar-refractivity contribution in [3.8, 4) is 5.75 Å². The van der Waals surface area contributed by atoms with Gasteiger partial charge in [-0.25, -0.2) is 0 Å². The predicted octanol–water partition coefficient (Wildman–Crippen LogP) is 4.70. The molecular formula is C17H20O. The van der Waals surface area contributed by atoms with Crippen LogP contribution in [-0.2, 0) is 6.61 Å². The van der Waals surface area contributed by atoms with Crippen LogP contribution in [0.2, 0.25) is 0 Å². The molecule has 0 aliphatic carbocycles. The first-order chi connectivity index (χ1) is 8.65. The van der Waals surface area contributed by atoms with Gasteiger partial charge in [-0.1, -0.05) is 50.2 Å². The molecule has 94 valence electrons. The molecule has 0 unspecified atom stereocenters. The highest BCUT2D eigenvalue weighted by Crippen LogP contribution is 2.17. The third-order valence-electron chi connectivity index (χ3n) is 3.04. The molecule has 2 aromatic rings. The second-order valence-electron chi connectivity index (χ2n) is 5.00. The van der Waals surface area contributed by atoms with Crippen molar-refractivity contribution >= 4 is 0 Å². The van der Waals surface area contributed by atoms with Crippen LogP contribution in [0.25, 0.3) is 0 Å². The van der Waals surface area contributed by atoms with Gasteiger partial charge in [-0.15, -0.1) is 0 Å². The van der Waals surface area contributed by atoms with E-state index in [0.717, 1.165) is 5.75 Å². The molecule has 0 radical (unpaired) electrons. The summed E-state index contributed by atoms with van der Waals surface area (Å²) in [6.45, 7) is 7.11. The molecule has 0 N–H and O–H groups in total. The van der Waals surface area contributed by atoms with Crippen molar-refractivity contribution in [3.63, 3.8) is 0 Å².